The number of hydrogen-bond acceptors (Lipinski definition) is 1. The second-order valence-electron chi connectivity index (χ2n) is 3.00. The third-order valence-corrected chi connectivity index (χ3v) is 3.05. The second-order valence-corrected chi connectivity index (χ2v) is 4.20. The lowest BCUT2D eigenvalue weighted by Crippen LogP contribution is -1.85. The van der Waals surface area contributed by atoms with Gasteiger partial charge in [-0.05, 0) is 25.1 Å². The highest BCUT2D eigenvalue weighted by Gasteiger charge is 2.08. The smallest absolute Gasteiger partial charge is 0.0907 e. The van der Waals surface area contributed by atoms with Crippen molar-refractivity contribution in [2.75, 3.05) is 0 Å². The molecular formula is C10H6Cl3N. The first-order valence-electron chi connectivity index (χ1n) is 4.00. The molecule has 1 nitrogen and oxygen atoms in total. The van der Waals surface area contributed by atoms with Crippen LogP contribution in [0.4, 0.5) is 0 Å². The molecule has 0 saturated carbocycles. The van der Waals surface area contributed by atoms with Crippen LogP contribution in [0.15, 0.2) is 18.2 Å². The van der Waals surface area contributed by atoms with E-state index in [1.54, 1.807) is 6.07 Å². The molecule has 14 heavy (non-hydrogen) atoms. The maximum Gasteiger partial charge on any atom is 0.0907 e. The van der Waals surface area contributed by atoms with Crippen LogP contribution in [0.25, 0.3) is 10.9 Å². The van der Waals surface area contributed by atoms with E-state index in [0.717, 1.165) is 11.1 Å². The van der Waals surface area contributed by atoms with E-state index < -0.39 is 0 Å². The van der Waals surface area contributed by atoms with Crippen molar-refractivity contribution in [2.45, 2.75) is 6.92 Å². The summed E-state index contributed by atoms with van der Waals surface area (Å²) >= 11 is 17.9. The second kappa shape index (κ2) is 3.58. The lowest BCUT2D eigenvalue weighted by Gasteiger charge is -2.04. The van der Waals surface area contributed by atoms with Gasteiger partial charge in [0.05, 0.1) is 20.6 Å². The van der Waals surface area contributed by atoms with Crippen molar-refractivity contribution in [3.63, 3.8) is 0 Å². The summed E-state index contributed by atoms with van der Waals surface area (Å²) in [6.45, 7) is 1.90. The molecule has 1 aromatic carbocycles. The van der Waals surface area contributed by atoms with Crippen LogP contribution in [0.2, 0.25) is 15.1 Å². The van der Waals surface area contributed by atoms with E-state index in [2.05, 4.69) is 4.98 Å². The topological polar surface area (TPSA) is 12.9 Å². The van der Waals surface area contributed by atoms with E-state index in [0.29, 0.717) is 20.6 Å². The van der Waals surface area contributed by atoms with Crippen LogP contribution in [0.5, 0.6) is 0 Å². The molecule has 0 atom stereocenters. The van der Waals surface area contributed by atoms with Crippen molar-refractivity contribution < 1.29 is 0 Å². The molecule has 0 spiro atoms. The van der Waals surface area contributed by atoms with Crippen LogP contribution >= 0.6 is 34.8 Å². The Labute approximate surface area is 96.6 Å². The zero-order valence-electron chi connectivity index (χ0n) is 7.31. The van der Waals surface area contributed by atoms with E-state index in [4.69, 9.17) is 34.8 Å². The van der Waals surface area contributed by atoms with Crippen LogP contribution in [-0.4, -0.2) is 4.98 Å². The van der Waals surface area contributed by atoms with Crippen LogP contribution in [0, 0.1) is 6.92 Å². The average molecular weight is 247 g/mol. The highest BCUT2D eigenvalue weighted by Crippen LogP contribution is 2.34. The maximum atomic E-state index is 6.02. The molecule has 0 bridgehead atoms. The summed E-state index contributed by atoms with van der Waals surface area (Å²) in [6.07, 6.45) is 0. The van der Waals surface area contributed by atoms with Gasteiger partial charge < -0.3 is 0 Å². The molecule has 0 radical (unpaired) electrons. The summed E-state index contributed by atoms with van der Waals surface area (Å²) in [4.78, 5) is 4.30. The SMILES string of the molecule is Cc1ccc2c(Cl)c(Cl)cc(Cl)c2n1. The van der Waals surface area contributed by atoms with E-state index in [1.807, 2.05) is 19.1 Å². The van der Waals surface area contributed by atoms with Gasteiger partial charge in [-0.3, -0.25) is 4.98 Å². The number of fused-ring (bicyclic) bond motifs is 1. The number of aryl methyl sites for hydroxylation is 1. The molecular weight excluding hydrogens is 240 g/mol. The lowest BCUT2D eigenvalue weighted by atomic mass is 10.2. The van der Waals surface area contributed by atoms with Crippen molar-refractivity contribution in [2.24, 2.45) is 0 Å². The largest absolute Gasteiger partial charge is 0.252 e. The minimum atomic E-state index is 0.454. The van der Waals surface area contributed by atoms with Crippen LogP contribution in [0.1, 0.15) is 5.69 Å². The van der Waals surface area contributed by atoms with Gasteiger partial charge in [-0.1, -0.05) is 34.8 Å². The fourth-order valence-corrected chi connectivity index (χ4v) is 2.01. The first-order valence-corrected chi connectivity index (χ1v) is 5.14. The van der Waals surface area contributed by atoms with E-state index >= 15 is 0 Å². The first kappa shape index (κ1) is 10.0. The van der Waals surface area contributed by atoms with E-state index in [1.165, 1.54) is 0 Å². The van der Waals surface area contributed by atoms with Crippen LogP contribution in [-0.2, 0) is 0 Å². The van der Waals surface area contributed by atoms with Gasteiger partial charge in [0.15, 0.2) is 0 Å². The Morgan fingerprint density at radius 1 is 1.07 bits per heavy atom. The van der Waals surface area contributed by atoms with E-state index in [9.17, 15) is 0 Å². The highest BCUT2D eigenvalue weighted by molar-refractivity contribution is 6.47. The quantitative estimate of drug-likeness (QED) is 0.624. The molecule has 2 rings (SSSR count). The Bertz CT molecular complexity index is 508. The number of benzene rings is 1. The normalized spacial score (nSPS) is 10.9. The van der Waals surface area contributed by atoms with Gasteiger partial charge in [-0.15, -0.1) is 0 Å². The number of nitrogens with zero attached hydrogens (tertiary/aromatic N) is 1. The predicted molar refractivity (Wildman–Crippen MR) is 61.5 cm³/mol. The fourth-order valence-electron chi connectivity index (χ4n) is 1.29. The molecule has 0 aliphatic carbocycles. The molecule has 0 unspecified atom stereocenters. The molecule has 4 heteroatoms. The molecule has 2 aromatic rings. The number of pyridine rings is 1. The summed E-state index contributed by atoms with van der Waals surface area (Å²) in [6, 6.07) is 5.36. The molecule has 1 aromatic heterocycles. The van der Waals surface area contributed by atoms with Gasteiger partial charge in [-0.25, -0.2) is 0 Å². The van der Waals surface area contributed by atoms with Gasteiger partial charge >= 0.3 is 0 Å². The minimum Gasteiger partial charge on any atom is -0.252 e. The molecule has 0 amide bonds. The fraction of sp³-hybridized carbons (Fsp3) is 0.100. The summed E-state index contributed by atoms with van der Waals surface area (Å²) in [5.41, 5.74) is 1.60. The van der Waals surface area contributed by atoms with Gasteiger partial charge in [0.1, 0.15) is 0 Å². The van der Waals surface area contributed by atoms with Gasteiger partial charge in [0.2, 0.25) is 0 Å². The standard InChI is InChI=1S/C10H6Cl3N/c1-5-2-3-6-9(13)7(11)4-8(12)10(6)14-5/h2-4H,1H3. The molecule has 0 aliphatic heterocycles. The predicted octanol–water partition coefficient (Wildman–Crippen LogP) is 4.50. The number of halogens is 3. The van der Waals surface area contributed by atoms with Gasteiger partial charge in [0, 0.05) is 11.1 Å². The van der Waals surface area contributed by atoms with Crippen molar-refractivity contribution >= 4 is 45.7 Å². The minimum absolute atomic E-state index is 0.454. The van der Waals surface area contributed by atoms with Crippen molar-refractivity contribution in [3.05, 3.63) is 39.0 Å². The number of aromatic nitrogens is 1. The summed E-state index contributed by atoms with van der Waals surface area (Å²) < 4.78 is 0. The molecule has 0 saturated heterocycles. The number of rotatable bonds is 0. The molecule has 0 N–H and O–H groups in total. The first-order chi connectivity index (χ1) is 6.59. The maximum absolute atomic E-state index is 6.02. The third-order valence-electron chi connectivity index (χ3n) is 1.96. The Hall–Kier alpha value is -0.500. The summed E-state index contributed by atoms with van der Waals surface area (Å²) in [5.74, 6) is 0. The Kier molecular flexibility index (Phi) is 2.56. The zero-order valence-corrected chi connectivity index (χ0v) is 9.58. The average Bonchev–Trinajstić information content (AvgIpc) is 2.14. The third kappa shape index (κ3) is 1.56. The Morgan fingerprint density at radius 3 is 2.50 bits per heavy atom. The van der Waals surface area contributed by atoms with Crippen LogP contribution in [0.3, 0.4) is 0 Å². The lowest BCUT2D eigenvalue weighted by molar-refractivity contribution is 1.26. The zero-order chi connectivity index (χ0) is 10.3. The summed E-state index contributed by atoms with van der Waals surface area (Å²) in [7, 11) is 0. The molecule has 0 aliphatic rings. The van der Waals surface area contributed by atoms with E-state index in [-0.39, 0.29) is 0 Å². The summed E-state index contributed by atoms with van der Waals surface area (Å²) in [5, 5.41) is 2.27. The monoisotopic (exact) mass is 245 g/mol. The van der Waals surface area contributed by atoms with Gasteiger partial charge in [0.25, 0.3) is 0 Å². The molecule has 72 valence electrons. The van der Waals surface area contributed by atoms with Gasteiger partial charge in [-0.2, -0.15) is 0 Å². The van der Waals surface area contributed by atoms with Crippen molar-refractivity contribution in [1.82, 2.24) is 4.98 Å². The number of hydrogen-bond donors (Lipinski definition) is 0. The van der Waals surface area contributed by atoms with Crippen molar-refractivity contribution in [1.29, 1.82) is 0 Å². The molecule has 0 fully saturated rings. The van der Waals surface area contributed by atoms with Crippen LogP contribution < -0.4 is 0 Å². The highest BCUT2D eigenvalue weighted by atomic mass is 35.5. The van der Waals surface area contributed by atoms with Crippen molar-refractivity contribution in [3.8, 4) is 0 Å². The Balaban J connectivity index is 2.94. The Morgan fingerprint density at radius 2 is 1.79 bits per heavy atom. The molecule has 1 heterocycles.